The first kappa shape index (κ1) is 11.5. The summed E-state index contributed by atoms with van der Waals surface area (Å²) in [6, 6.07) is 2.28. The van der Waals surface area contributed by atoms with Crippen LogP contribution in [0, 0.1) is 27.2 Å². The van der Waals surface area contributed by atoms with E-state index in [1.54, 1.807) is 0 Å². The van der Waals surface area contributed by atoms with Crippen molar-refractivity contribution in [1.29, 1.82) is 0 Å². The molecule has 0 bridgehead atoms. The topological polar surface area (TPSA) is 116 Å². The summed E-state index contributed by atoms with van der Waals surface area (Å²) in [5.74, 6) is 0. The number of nitro groups is 2. The lowest BCUT2D eigenvalue weighted by atomic mass is 10.1. The van der Waals surface area contributed by atoms with Crippen molar-refractivity contribution >= 4 is 23.1 Å². The third-order valence-electron chi connectivity index (χ3n) is 1.87. The lowest BCUT2D eigenvalue weighted by Gasteiger charge is -2.00. The Hall–Kier alpha value is -2.60. The predicted molar refractivity (Wildman–Crippen MR) is 52.3 cm³/mol. The molecule has 0 saturated heterocycles. The highest BCUT2D eigenvalue weighted by Crippen LogP contribution is 2.38. The van der Waals surface area contributed by atoms with Crippen LogP contribution < -0.4 is 0 Å². The van der Waals surface area contributed by atoms with Crippen molar-refractivity contribution < 1.29 is 14.6 Å². The molecule has 8 nitrogen and oxygen atoms in total. The largest absolute Gasteiger partial charge is 0.305 e. The average Bonchev–Trinajstić information content (AvgIpc) is 2.17. The normalized spacial score (nSPS) is 9.31. The molecule has 0 unspecified atom stereocenters. The van der Waals surface area contributed by atoms with Gasteiger partial charge in [-0.05, 0) is 13.0 Å². The van der Waals surface area contributed by atoms with Gasteiger partial charge in [0.05, 0.1) is 9.85 Å². The Morgan fingerprint density at radius 1 is 1.25 bits per heavy atom. The van der Waals surface area contributed by atoms with Crippen LogP contribution >= 0.6 is 0 Å². The molecule has 0 aliphatic heterocycles. The number of rotatable bonds is 3. The first-order valence-corrected chi connectivity index (χ1v) is 3.99. The number of aryl methyl sites for hydroxylation is 1. The van der Waals surface area contributed by atoms with Gasteiger partial charge in [-0.25, -0.2) is 4.79 Å². The number of benzene rings is 1. The van der Waals surface area contributed by atoms with Gasteiger partial charge in [0.1, 0.15) is 0 Å². The maximum absolute atomic E-state index is 10.7. The molecule has 16 heavy (non-hydrogen) atoms. The molecule has 1 aromatic rings. The standard InChI is InChI=1S/C8H5N3O5/c1-5-2-3-6(10(13)14)7(9-4-12)8(5)11(15)16/h2-3H,1H3. The van der Waals surface area contributed by atoms with E-state index in [1.807, 2.05) is 0 Å². The molecule has 0 spiro atoms. The van der Waals surface area contributed by atoms with Crippen LogP contribution in [0.5, 0.6) is 0 Å². The fourth-order valence-electron chi connectivity index (χ4n) is 1.20. The monoisotopic (exact) mass is 223 g/mol. The Morgan fingerprint density at radius 3 is 2.31 bits per heavy atom. The van der Waals surface area contributed by atoms with Crippen molar-refractivity contribution in [3.05, 3.63) is 37.9 Å². The van der Waals surface area contributed by atoms with Gasteiger partial charge >= 0.3 is 11.4 Å². The summed E-state index contributed by atoms with van der Waals surface area (Å²) in [5.41, 5.74) is -1.55. The van der Waals surface area contributed by atoms with Crippen LogP contribution in [0.25, 0.3) is 0 Å². The van der Waals surface area contributed by atoms with Gasteiger partial charge in [-0.3, -0.25) is 20.2 Å². The smallest absolute Gasteiger partial charge is 0.258 e. The van der Waals surface area contributed by atoms with E-state index >= 15 is 0 Å². The Kier molecular flexibility index (Phi) is 3.07. The summed E-state index contributed by atoms with van der Waals surface area (Å²) >= 11 is 0. The van der Waals surface area contributed by atoms with Gasteiger partial charge in [-0.1, -0.05) is 0 Å². The molecule has 0 aliphatic rings. The summed E-state index contributed by atoms with van der Waals surface area (Å²) in [5, 5.41) is 21.3. The van der Waals surface area contributed by atoms with Crippen molar-refractivity contribution in [2.24, 2.45) is 4.99 Å². The van der Waals surface area contributed by atoms with Crippen LogP contribution in [0.1, 0.15) is 5.56 Å². The summed E-state index contributed by atoms with van der Waals surface area (Å²) in [7, 11) is 0. The lowest BCUT2D eigenvalue weighted by Crippen LogP contribution is -1.96. The molecule has 1 aromatic carbocycles. The van der Waals surface area contributed by atoms with Crippen molar-refractivity contribution in [2.75, 3.05) is 0 Å². The molecule has 0 radical (unpaired) electrons. The van der Waals surface area contributed by atoms with E-state index in [2.05, 4.69) is 4.99 Å². The summed E-state index contributed by atoms with van der Waals surface area (Å²) in [6.07, 6.45) is 1.07. The minimum atomic E-state index is -0.845. The minimum absolute atomic E-state index is 0.185. The summed E-state index contributed by atoms with van der Waals surface area (Å²) in [4.78, 5) is 32.7. The summed E-state index contributed by atoms with van der Waals surface area (Å²) < 4.78 is 0. The number of isocyanates is 1. The van der Waals surface area contributed by atoms with E-state index in [4.69, 9.17) is 0 Å². The van der Waals surface area contributed by atoms with Crippen LogP contribution in [-0.2, 0) is 4.79 Å². The van der Waals surface area contributed by atoms with Crippen molar-refractivity contribution in [3.8, 4) is 0 Å². The van der Waals surface area contributed by atoms with Gasteiger partial charge < -0.3 is 0 Å². The molecule has 0 saturated carbocycles. The molecule has 0 amide bonds. The maximum atomic E-state index is 10.7. The Labute approximate surface area is 88.5 Å². The van der Waals surface area contributed by atoms with E-state index in [0.717, 1.165) is 12.1 Å². The van der Waals surface area contributed by atoms with E-state index < -0.39 is 26.9 Å². The second kappa shape index (κ2) is 4.28. The van der Waals surface area contributed by atoms with E-state index in [1.165, 1.54) is 13.0 Å². The first-order chi connectivity index (χ1) is 7.49. The van der Waals surface area contributed by atoms with Crippen LogP contribution in [0.2, 0.25) is 0 Å². The second-order valence-corrected chi connectivity index (χ2v) is 2.82. The molecule has 0 heterocycles. The third-order valence-corrected chi connectivity index (χ3v) is 1.87. The van der Waals surface area contributed by atoms with Crippen molar-refractivity contribution in [3.63, 3.8) is 0 Å². The fourth-order valence-corrected chi connectivity index (χ4v) is 1.20. The molecule has 0 fully saturated rings. The number of hydrogen-bond donors (Lipinski definition) is 0. The van der Waals surface area contributed by atoms with Gasteiger partial charge in [0.15, 0.2) is 0 Å². The first-order valence-electron chi connectivity index (χ1n) is 3.99. The third kappa shape index (κ3) is 1.91. The predicted octanol–water partition coefficient (Wildman–Crippen LogP) is 1.78. The summed E-state index contributed by atoms with van der Waals surface area (Å²) in [6.45, 7) is 1.39. The van der Waals surface area contributed by atoms with E-state index in [-0.39, 0.29) is 5.56 Å². The van der Waals surface area contributed by atoms with Crippen molar-refractivity contribution in [1.82, 2.24) is 0 Å². The van der Waals surface area contributed by atoms with Crippen LogP contribution in [0.4, 0.5) is 17.1 Å². The molecule has 82 valence electrons. The van der Waals surface area contributed by atoms with Crippen molar-refractivity contribution in [2.45, 2.75) is 6.92 Å². The van der Waals surface area contributed by atoms with Crippen LogP contribution in [-0.4, -0.2) is 15.9 Å². The zero-order chi connectivity index (χ0) is 12.3. The molecule has 8 heteroatoms. The number of nitrogens with zero attached hydrogens (tertiary/aromatic N) is 3. The van der Waals surface area contributed by atoms with Gasteiger partial charge in [-0.15, -0.1) is 0 Å². The highest BCUT2D eigenvalue weighted by atomic mass is 16.6. The highest BCUT2D eigenvalue weighted by Gasteiger charge is 2.27. The molecule has 1 rings (SSSR count). The number of carbonyl (C=O) groups excluding carboxylic acids is 1. The zero-order valence-electron chi connectivity index (χ0n) is 8.04. The van der Waals surface area contributed by atoms with Crippen LogP contribution in [0.3, 0.4) is 0 Å². The molecule has 0 atom stereocenters. The number of hydrogen-bond acceptors (Lipinski definition) is 6. The Bertz CT molecular complexity index is 519. The molecule has 0 aliphatic carbocycles. The fraction of sp³-hybridized carbons (Fsp3) is 0.125. The van der Waals surface area contributed by atoms with Gasteiger partial charge in [0.2, 0.25) is 11.8 Å². The minimum Gasteiger partial charge on any atom is -0.258 e. The Balaban J connectivity index is 3.69. The van der Waals surface area contributed by atoms with Gasteiger partial charge in [-0.2, -0.15) is 4.99 Å². The van der Waals surface area contributed by atoms with Crippen LogP contribution in [0.15, 0.2) is 17.1 Å². The second-order valence-electron chi connectivity index (χ2n) is 2.82. The highest BCUT2D eigenvalue weighted by molar-refractivity contribution is 5.75. The van der Waals surface area contributed by atoms with E-state index in [0.29, 0.717) is 0 Å². The van der Waals surface area contributed by atoms with Gasteiger partial charge in [0.25, 0.3) is 0 Å². The SMILES string of the molecule is Cc1ccc([N+](=O)[O-])c(N=C=O)c1[N+](=O)[O-]. The molecular formula is C8H5N3O5. The number of aliphatic imine (C=N–C) groups is 1. The zero-order valence-corrected chi connectivity index (χ0v) is 8.04. The Morgan fingerprint density at radius 2 is 1.88 bits per heavy atom. The lowest BCUT2D eigenvalue weighted by molar-refractivity contribution is -0.392. The average molecular weight is 223 g/mol. The molecule has 0 N–H and O–H groups in total. The maximum Gasteiger partial charge on any atom is 0.305 e. The van der Waals surface area contributed by atoms with Gasteiger partial charge in [0, 0.05) is 11.6 Å². The van der Waals surface area contributed by atoms with E-state index in [9.17, 15) is 25.0 Å². The molecule has 0 aromatic heterocycles. The number of nitro benzene ring substituents is 2. The molecular weight excluding hydrogens is 218 g/mol. The quantitative estimate of drug-likeness (QED) is 0.335.